The third kappa shape index (κ3) is 0.778. The van der Waals surface area contributed by atoms with Crippen LogP contribution in [-0.4, -0.2) is 13.1 Å². The van der Waals surface area contributed by atoms with Gasteiger partial charge in [0.1, 0.15) is 0 Å². The van der Waals surface area contributed by atoms with Gasteiger partial charge in [-0.3, -0.25) is 0 Å². The van der Waals surface area contributed by atoms with Gasteiger partial charge in [0.05, 0.1) is 0 Å². The summed E-state index contributed by atoms with van der Waals surface area (Å²) < 4.78 is 0. The van der Waals surface area contributed by atoms with E-state index < -0.39 is 0 Å². The van der Waals surface area contributed by atoms with Gasteiger partial charge in [0.15, 0.2) is 0 Å². The molecule has 1 nitrogen and oxygen atoms in total. The molecule has 0 aromatic rings. The fourth-order valence-corrected chi connectivity index (χ4v) is 1.10. The van der Waals surface area contributed by atoms with Crippen LogP contribution in [0.3, 0.4) is 0 Å². The molecular formula is C6H13N. The number of hydrogen-bond acceptors (Lipinski definition) is 1. The molecule has 1 rings (SSSR count). The Bertz CT molecular complexity index is 59.2. The molecule has 0 aliphatic heterocycles. The summed E-state index contributed by atoms with van der Waals surface area (Å²) in [6, 6.07) is 0.833. The zero-order valence-electron chi connectivity index (χ0n) is 5.07. The van der Waals surface area contributed by atoms with E-state index in [4.69, 9.17) is 0 Å². The van der Waals surface area contributed by atoms with Crippen molar-refractivity contribution in [1.82, 2.24) is 5.32 Å². The second-order valence-corrected chi connectivity index (χ2v) is 2.45. The van der Waals surface area contributed by atoms with Crippen molar-refractivity contribution in [2.75, 3.05) is 7.05 Å². The van der Waals surface area contributed by atoms with Crippen LogP contribution in [0, 0.1) is 5.92 Å². The Labute approximate surface area is 45.1 Å². The zero-order valence-corrected chi connectivity index (χ0v) is 5.07. The highest BCUT2D eigenvalue weighted by Crippen LogP contribution is 2.25. The molecule has 42 valence electrons. The summed E-state index contributed by atoms with van der Waals surface area (Å²) in [4.78, 5) is 0. The Kier molecular flexibility index (Phi) is 1.33. The van der Waals surface area contributed by atoms with E-state index >= 15 is 0 Å². The maximum atomic E-state index is 3.25. The van der Waals surface area contributed by atoms with Gasteiger partial charge in [0.25, 0.3) is 0 Å². The zero-order chi connectivity index (χ0) is 5.28. The first-order chi connectivity index (χ1) is 3.34. The first-order valence-corrected chi connectivity index (χ1v) is 3.02. The van der Waals surface area contributed by atoms with Crippen molar-refractivity contribution in [2.24, 2.45) is 5.92 Å². The van der Waals surface area contributed by atoms with Crippen LogP contribution in [0.5, 0.6) is 0 Å². The van der Waals surface area contributed by atoms with E-state index in [2.05, 4.69) is 12.2 Å². The third-order valence-electron chi connectivity index (χ3n) is 1.99. The van der Waals surface area contributed by atoms with Gasteiger partial charge in [0.2, 0.25) is 0 Å². The van der Waals surface area contributed by atoms with Crippen LogP contribution in [0.2, 0.25) is 0 Å². The van der Waals surface area contributed by atoms with E-state index in [0.29, 0.717) is 0 Å². The predicted octanol–water partition coefficient (Wildman–Crippen LogP) is 1.00. The lowest BCUT2D eigenvalue weighted by Crippen LogP contribution is -2.39. The first kappa shape index (κ1) is 5.10. The van der Waals surface area contributed by atoms with Gasteiger partial charge in [-0.05, 0) is 25.8 Å². The lowest BCUT2D eigenvalue weighted by Gasteiger charge is -2.33. The van der Waals surface area contributed by atoms with Gasteiger partial charge >= 0.3 is 0 Å². The van der Waals surface area contributed by atoms with E-state index in [1.54, 1.807) is 0 Å². The molecule has 0 bridgehead atoms. The van der Waals surface area contributed by atoms with E-state index in [-0.39, 0.29) is 0 Å². The van der Waals surface area contributed by atoms with Crippen molar-refractivity contribution in [3.8, 4) is 0 Å². The second kappa shape index (κ2) is 1.83. The highest BCUT2D eigenvalue weighted by molar-refractivity contribution is 4.81. The summed E-state index contributed by atoms with van der Waals surface area (Å²) in [5.41, 5.74) is 0. The van der Waals surface area contributed by atoms with Crippen molar-refractivity contribution in [3.63, 3.8) is 0 Å². The molecule has 0 aromatic carbocycles. The number of hydrogen-bond donors (Lipinski definition) is 1. The first-order valence-electron chi connectivity index (χ1n) is 3.02. The fraction of sp³-hybridized carbons (Fsp3) is 1.00. The maximum absolute atomic E-state index is 3.25. The van der Waals surface area contributed by atoms with Crippen LogP contribution in [0.4, 0.5) is 0 Å². The minimum atomic E-state index is 0.833. The lowest BCUT2D eigenvalue weighted by molar-refractivity contribution is 0.243. The Hall–Kier alpha value is -0.0400. The van der Waals surface area contributed by atoms with E-state index in [9.17, 15) is 0 Å². The van der Waals surface area contributed by atoms with Gasteiger partial charge in [-0.15, -0.1) is 0 Å². The molecule has 0 spiro atoms. The van der Waals surface area contributed by atoms with Crippen LogP contribution in [0.25, 0.3) is 0 Å². The molecule has 1 fully saturated rings. The molecule has 1 saturated carbocycles. The molecule has 1 N–H and O–H groups in total. The molecule has 0 heterocycles. The minimum Gasteiger partial charge on any atom is -0.317 e. The van der Waals surface area contributed by atoms with Gasteiger partial charge in [-0.1, -0.05) is 6.92 Å². The van der Waals surface area contributed by atoms with Crippen LogP contribution < -0.4 is 5.32 Å². The summed E-state index contributed by atoms with van der Waals surface area (Å²) in [6.07, 6.45) is 2.81. The Morgan fingerprint density at radius 1 is 1.43 bits per heavy atom. The summed E-state index contributed by atoms with van der Waals surface area (Å²) in [7, 11) is 2.04. The summed E-state index contributed by atoms with van der Waals surface area (Å²) in [6.45, 7) is 2.30. The number of nitrogens with one attached hydrogen (secondary N) is 1. The van der Waals surface area contributed by atoms with Crippen LogP contribution in [0.15, 0.2) is 0 Å². The molecule has 0 saturated heterocycles. The third-order valence-corrected chi connectivity index (χ3v) is 1.99. The van der Waals surface area contributed by atoms with Crippen molar-refractivity contribution in [3.05, 3.63) is 0 Å². The average Bonchev–Trinajstić information content (AvgIpc) is 1.65. The van der Waals surface area contributed by atoms with Gasteiger partial charge in [-0.25, -0.2) is 0 Å². The highest BCUT2D eigenvalue weighted by atomic mass is 14.9. The molecule has 1 aliphatic carbocycles. The van der Waals surface area contributed by atoms with E-state index in [1.165, 1.54) is 12.8 Å². The van der Waals surface area contributed by atoms with E-state index in [1.807, 2.05) is 7.05 Å². The lowest BCUT2D eigenvalue weighted by atomic mass is 9.81. The van der Waals surface area contributed by atoms with Crippen molar-refractivity contribution < 1.29 is 0 Å². The normalized spacial score (nSPS) is 40.3. The summed E-state index contributed by atoms with van der Waals surface area (Å²) in [5.74, 6) is 0.935. The van der Waals surface area contributed by atoms with Crippen LogP contribution in [0.1, 0.15) is 19.8 Å². The molecule has 0 unspecified atom stereocenters. The molecule has 1 aliphatic rings. The van der Waals surface area contributed by atoms with Crippen molar-refractivity contribution >= 4 is 0 Å². The van der Waals surface area contributed by atoms with Crippen LogP contribution >= 0.6 is 0 Å². The van der Waals surface area contributed by atoms with Gasteiger partial charge in [-0.2, -0.15) is 0 Å². The fourth-order valence-electron chi connectivity index (χ4n) is 1.10. The van der Waals surface area contributed by atoms with Crippen molar-refractivity contribution in [1.29, 1.82) is 0 Å². The Balaban J connectivity index is 2.16. The maximum Gasteiger partial charge on any atom is 0.00898 e. The van der Waals surface area contributed by atoms with Crippen LogP contribution in [-0.2, 0) is 0 Å². The van der Waals surface area contributed by atoms with Gasteiger partial charge in [0, 0.05) is 6.04 Å². The van der Waals surface area contributed by atoms with E-state index in [0.717, 1.165) is 12.0 Å². The standard InChI is InChI=1S/C6H13N/c1-5-3-4-6(5)7-2/h5-7H,3-4H2,1-2H3/t5-,6-/m0/s1. The SMILES string of the molecule is CN[C@H]1CC[C@@H]1C. The second-order valence-electron chi connectivity index (χ2n) is 2.45. The molecule has 0 aromatic heterocycles. The monoisotopic (exact) mass is 99.1 g/mol. The Morgan fingerprint density at radius 3 is 2.14 bits per heavy atom. The molecule has 7 heavy (non-hydrogen) atoms. The smallest absolute Gasteiger partial charge is 0.00898 e. The minimum absolute atomic E-state index is 0.833. The topological polar surface area (TPSA) is 12.0 Å². The number of rotatable bonds is 1. The molecule has 1 heteroatoms. The molecule has 2 atom stereocenters. The van der Waals surface area contributed by atoms with Crippen molar-refractivity contribution in [2.45, 2.75) is 25.8 Å². The molecule has 0 amide bonds. The van der Waals surface area contributed by atoms with Gasteiger partial charge < -0.3 is 5.32 Å². The largest absolute Gasteiger partial charge is 0.317 e. The average molecular weight is 99.2 g/mol. The highest BCUT2D eigenvalue weighted by Gasteiger charge is 2.23. The summed E-state index contributed by atoms with van der Waals surface area (Å²) in [5, 5.41) is 3.25. The Morgan fingerprint density at radius 2 is 2.14 bits per heavy atom. The molecular weight excluding hydrogens is 86.1 g/mol. The quantitative estimate of drug-likeness (QED) is 0.517. The summed E-state index contributed by atoms with van der Waals surface area (Å²) >= 11 is 0. The molecule has 0 radical (unpaired) electrons. The predicted molar refractivity (Wildman–Crippen MR) is 31.2 cm³/mol.